The number of benzene rings is 1. The van der Waals surface area contributed by atoms with Crippen molar-refractivity contribution in [3.8, 4) is 0 Å². The van der Waals surface area contributed by atoms with E-state index in [2.05, 4.69) is 5.32 Å². The topological polar surface area (TPSA) is 75.4 Å². The van der Waals surface area contributed by atoms with Gasteiger partial charge in [0.2, 0.25) is 11.8 Å². The van der Waals surface area contributed by atoms with Gasteiger partial charge in [-0.1, -0.05) is 12.1 Å². The van der Waals surface area contributed by atoms with E-state index in [-0.39, 0.29) is 17.9 Å². The van der Waals surface area contributed by atoms with E-state index in [0.717, 1.165) is 0 Å². The summed E-state index contributed by atoms with van der Waals surface area (Å²) in [5, 5.41) is 2.71. The number of anilines is 2. The molecule has 1 saturated heterocycles. The number of rotatable bonds is 2. The molecule has 1 aliphatic rings. The molecule has 0 radical (unpaired) electrons. The summed E-state index contributed by atoms with van der Waals surface area (Å²) in [6, 6.07) is 7.09. The highest BCUT2D eigenvalue weighted by molar-refractivity contribution is 6.02. The zero-order valence-electron chi connectivity index (χ0n) is 9.64. The molecule has 1 atom stereocenters. The molecule has 0 aliphatic carbocycles. The van der Waals surface area contributed by atoms with Crippen molar-refractivity contribution >= 4 is 23.2 Å². The fourth-order valence-electron chi connectivity index (χ4n) is 1.97. The Hall–Kier alpha value is -1.88. The van der Waals surface area contributed by atoms with E-state index in [1.54, 1.807) is 17.0 Å². The second-order valence-corrected chi connectivity index (χ2v) is 4.17. The third kappa shape index (κ3) is 2.45. The van der Waals surface area contributed by atoms with Crippen LogP contribution in [0.5, 0.6) is 0 Å². The number of nitrogens with two attached hydrogens (primary N) is 1. The van der Waals surface area contributed by atoms with Crippen molar-refractivity contribution in [2.45, 2.75) is 19.4 Å². The third-order valence-electron chi connectivity index (χ3n) is 2.66. The summed E-state index contributed by atoms with van der Waals surface area (Å²) in [4.78, 5) is 24.5. The molecule has 0 bridgehead atoms. The first-order chi connectivity index (χ1) is 8.08. The van der Waals surface area contributed by atoms with E-state index in [0.29, 0.717) is 24.3 Å². The van der Waals surface area contributed by atoms with Crippen LogP contribution >= 0.6 is 0 Å². The molecule has 90 valence electrons. The number of hydrogen-bond donors (Lipinski definition) is 2. The predicted octanol–water partition coefficient (Wildman–Crippen LogP) is 0.709. The third-order valence-corrected chi connectivity index (χ3v) is 2.66. The summed E-state index contributed by atoms with van der Waals surface area (Å²) >= 11 is 0. The Morgan fingerprint density at radius 3 is 2.76 bits per heavy atom. The molecule has 1 aliphatic heterocycles. The Labute approximate surface area is 99.6 Å². The fraction of sp³-hybridized carbons (Fsp3) is 0.333. The molecular formula is C12H15N3O2. The number of carbonyl (C=O) groups excluding carboxylic acids is 2. The first kappa shape index (κ1) is 11.6. The molecular weight excluding hydrogens is 218 g/mol. The summed E-state index contributed by atoms with van der Waals surface area (Å²) in [5.41, 5.74) is 7.10. The van der Waals surface area contributed by atoms with Crippen LogP contribution in [-0.2, 0) is 9.59 Å². The van der Waals surface area contributed by atoms with Crippen molar-refractivity contribution in [1.82, 2.24) is 0 Å². The normalized spacial score (nSPS) is 19.5. The molecule has 1 aromatic rings. The van der Waals surface area contributed by atoms with E-state index in [9.17, 15) is 9.59 Å². The minimum Gasteiger partial charge on any atom is -0.326 e. The van der Waals surface area contributed by atoms with E-state index >= 15 is 0 Å². The molecule has 1 unspecified atom stereocenters. The smallest absolute Gasteiger partial charge is 0.228 e. The molecule has 1 aromatic carbocycles. The van der Waals surface area contributed by atoms with Crippen molar-refractivity contribution in [3.63, 3.8) is 0 Å². The van der Waals surface area contributed by atoms with Crippen LogP contribution in [-0.4, -0.2) is 24.4 Å². The Kier molecular flexibility index (Phi) is 3.10. The Balaban J connectivity index is 2.31. The standard InChI is InChI=1S/C12H15N3O2/c1-8(16)14-10-4-2-3-5-11(10)15-7-9(13)6-12(15)17/h2-5,9H,6-7,13H2,1H3,(H,14,16). The molecule has 1 heterocycles. The minimum atomic E-state index is -0.159. The number of hydrogen-bond acceptors (Lipinski definition) is 3. The van der Waals surface area contributed by atoms with E-state index in [1.165, 1.54) is 6.92 Å². The average molecular weight is 233 g/mol. The maximum Gasteiger partial charge on any atom is 0.228 e. The quantitative estimate of drug-likeness (QED) is 0.789. The number of amides is 2. The molecule has 0 aromatic heterocycles. The lowest BCUT2D eigenvalue weighted by Gasteiger charge is -2.19. The maximum atomic E-state index is 11.8. The Bertz CT molecular complexity index is 459. The Morgan fingerprint density at radius 1 is 1.47 bits per heavy atom. The molecule has 0 spiro atoms. The average Bonchev–Trinajstić information content (AvgIpc) is 2.58. The van der Waals surface area contributed by atoms with Gasteiger partial charge >= 0.3 is 0 Å². The first-order valence-corrected chi connectivity index (χ1v) is 5.50. The van der Waals surface area contributed by atoms with Crippen molar-refractivity contribution in [1.29, 1.82) is 0 Å². The van der Waals surface area contributed by atoms with Gasteiger partial charge in [0.1, 0.15) is 0 Å². The lowest BCUT2D eigenvalue weighted by Crippen LogP contribution is -2.28. The molecule has 0 saturated carbocycles. The van der Waals surface area contributed by atoms with Gasteiger partial charge in [-0.2, -0.15) is 0 Å². The van der Waals surface area contributed by atoms with Gasteiger partial charge in [-0.3, -0.25) is 9.59 Å². The van der Waals surface area contributed by atoms with E-state index in [1.807, 2.05) is 12.1 Å². The van der Waals surface area contributed by atoms with Gasteiger partial charge in [0.25, 0.3) is 0 Å². The summed E-state index contributed by atoms with van der Waals surface area (Å²) in [7, 11) is 0. The van der Waals surface area contributed by atoms with Crippen molar-refractivity contribution < 1.29 is 9.59 Å². The number of para-hydroxylation sites is 2. The summed E-state index contributed by atoms with van der Waals surface area (Å²) < 4.78 is 0. The fourth-order valence-corrected chi connectivity index (χ4v) is 1.97. The van der Waals surface area contributed by atoms with Gasteiger partial charge in [-0.05, 0) is 12.1 Å². The monoisotopic (exact) mass is 233 g/mol. The molecule has 17 heavy (non-hydrogen) atoms. The predicted molar refractivity (Wildman–Crippen MR) is 65.7 cm³/mol. The van der Waals surface area contributed by atoms with Crippen LogP contribution < -0.4 is 16.0 Å². The highest BCUT2D eigenvalue weighted by atomic mass is 16.2. The minimum absolute atomic E-state index is 0.00435. The number of carbonyl (C=O) groups is 2. The van der Waals surface area contributed by atoms with E-state index in [4.69, 9.17) is 5.73 Å². The largest absolute Gasteiger partial charge is 0.326 e. The lowest BCUT2D eigenvalue weighted by molar-refractivity contribution is -0.117. The van der Waals surface area contributed by atoms with Crippen LogP contribution in [0.3, 0.4) is 0 Å². The van der Waals surface area contributed by atoms with Crippen LogP contribution in [0.15, 0.2) is 24.3 Å². The van der Waals surface area contributed by atoms with Gasteiger partial charge in [0.15, 0.2) is 0 Å². The van der Waals surface area contributed by atoms with Gasteiger partial charge in [0.05, 0.1) is 11.4 Å². The molecule has 5 heteroatoms. The molecule has 3 N–H and O–H groups in total. The Morgan fingerprint density at radius 2 is 2.18 bits per heavy atom. The highest BCUT2D eigenvalue weighted by Crippen LogP contribution is 2.28. The number of nitrogens with zero attached hydrogens (tertiary/aromatic N) is 1. The SMILES string of the molecule is CC(=O)Nc1ccccc1N1CC(N)CC1=O. The summed E-state index contributed by atoms with van der Waals surface area (Å²) in [5.74, 6) is -0.163. The molecule has 1 fully saturated rings. The van der Waals surface area contributed by atoms with Crippen LogP contribution in [0.1, 0.15) is 13.3 Å². The van der Waals surface area contributed by atoms with Gasteiger partial charge in [0, 0.05) is 25.9 Å². The van der Waals surface area contributed by atoms with Gasteiger partial charge < -0.3 is 16.0 Å². The molecule has 2 amide bonds. The van der Waals surface area contributed by atoms with Crippen LogP contribution in [0.25, 0.3) is 0 Å². The first-order valence-electron chi connectivity index (χ1n) is 5.50. The zero-order valence-corrected chi connectivity index (χ0v) is 9.64. The van der Waals surface area contributed by atoms with Gasteiger partial charge in [-0.25, -0.2) is 0 Å². The second-order valence-electron chi connectivity index (χ2n) is 4.17. The number of nitrogens with one attached hydrogen (secondary N) is 1. The molecule has 5 nitrogen and oxygen atoms in total. The lowest BCUT2D eigenvalue weighted by atomic mass is 10.2. The van der Waals surface area contributed by atoms with Crippen molar-refractivity contribution in [3.05, 3.63) is 24.3 Å². The molecule has 2 rings (SSSR count). The van der Waals surface area contributed by atoms with Gasteiger partial charge in [-0.15, -0.1) is 0 Å². The highest BCUT2D eigenvalue weighted by Gasteiger charge is 2.29. The summed E-state index contributed by atoms with van der Waals surface area (Å²) in [6.07, 6.45) is 0.356. The maximum absolute atomic E-state index is 11.8. The van der Waals surface area contributed by atoms with Crippen LogP contribution in [0.2, 0.25) is 0 Å². The van der Waals surface area contributed by atoms with Crippen molar-refractivity contribution in [2.75, 3.05) is 16.8 Å². The van der Waals surface area contributed by atoms with Crippen LogP contribution in [0, 0.1) is 0 Å². The van der Waals surface area contributed by atoms with Crippen molar-refractivity contribution in [2.24, 2.45) is 5.73 Å². The summed E-state index contributed by atoms with van der Waals surface area (Å²) in [6.45, 7) is 1.93. The van der Waals surface area contributed by atoms with E-state index < -0.39 is 0 Å². The van der Waals surface area contributed by atoms with Crippen LogP contribution in [0.4, 0.5) is 11.4 Å². The second kappa shape index (κ2) is 4.55. The zero-order chi connectivity index (χ0) is 12.4.